The van der Waals surface area contributed by atoms with Gasteiger partial charge in [0, 0.05) is 10.9 Å². The van der Waals surface area contributed by atoms with E-state index in [0.717, 1.165) is 33.6 Å². The van der Waals surface area contributed by atoms with Crippen LogP contribution in [0.2, 0.25) is 0 Å². The fourth-order valence-electron chi connectivity index (χ4n) is 2.89. The van der Waals surface area contributed by atoms with Gasteiger partial charge in [-0.1, -0.05) is 36.4 Å². The number of rotatable bonds is 4. The third kappa shape index (κ3) is 2.97. The summed E-state index contributed by atoms with van der Waals surface area (Å²) < 4.78 is 5.81. The lowest BCUT2D eigenvalue weighted by molar-refractivity contribution is 0.507. The van der Waals surface area contributed by atoms with E-state index in [4.69, 9.17) is 4.42 Å². The molecule has 25 heavy (non-hydrogen) atoms. The monoisotopic (exact) mass is 331 g/mol. The molecule has 5 heteroatoms. The van der Waals surface area contributed by atoms with Gasteiger partial charge in [-0.15, -0.1) is 0 Å². The minimum Gasteiger partial charge on any atom is -0.460 e. The first-order chi connectivity index (χ1) is 12.2. The van der Waals surface area contributed by atoms with Crippen LogP contribution in [0, 0.1) is 0 Å². The maximum atomic E-state index is 11.9. The molecule has 0 saturated heterocycles. The lowest BCUT2D eigenvalue weighted by Crippen LogP contribution is -2.07. The second kappa shape index (κ2) is 6.37. The Balaban J connectivity index is 1.67. The van der Waals surface area contributed by atoms with Gasteiger partial charge in [-0.2, -0.15) is 5.10 Å². The molecular weight excluding hydrogens is 314 g/mol. The number of aromatic nitrogens is 2. The molecule has 0 amide bonds. The van der Waals surface area contributed by atoms with E-state index < -0.39 is 0 Å². The highest BCUT2D eigenvalue weighted by atomic mass is 16.3. The summed E-state index contributed by atoms with van der Waals surface area (Å²) in [6.07, 6.45) is 1.66. The molecule has 0 fully saturated rings. The van der Waals surface area contributed by atoms with E-state index in [0.29, 0.717) is 11.9 Å². The maximum Gasteiger partial charge on any atom is 0.272 e. The molecule has 0 aliphatic rings. The topological polar surface area (TPSA) is 70.9 Å². The van der Waals surface area contributed by atoms with Gasteiger partial charge >= 0.3 is 0 Å². The van der Waals surface area contributed by atoms with E-state index in [1.54, 1.807) is 6.20 Å². The number of benzene rings is 2. The van der Waals surface area contributed by atoms with Crippen LogP contribution in [0.3, 0.4) is 0 Å². The van der Waals surface area contributed by atoms with E-state index in [1.165, 1.54) is 0 Å². The molecule has 0 spiro atoms. The zero-order valence-corrected chi connectivity index (χ0v) is 13.7. The fraction of sp³-hybridized carbons (Fsp3) is 0.100. The zero-order valence-electron chi connectivity index (χ0n) is 13.7. The van der Waals surface area contributed by atoms with Crippen LogP contribution < -0.4 is 10.9 Å². The van der Waals surface area contributed by atoms with Crippen molar-refractivity contribution in [2.75, 3.05) is 7.05 Å². The second-order valence-corrected chi connectivity index (χ2v) is 5.87. The molecular formula is C20H17N3O2. The predicted octanol–water partition coefficient (Wildman–Crippen LogP) is 3.57. The molecule has 0 atom stereocenters. The molecule has 2 heterocycles. The highest BCUT2D eigenvalue weighted by Gasteiger charge is 2.06. The van der Waals surface area contributed by atoms with Crippen LogP contribution >= 0.6 is 0 Å². The van der Waals surface area contributed by atoms with Gasteiger partial charge in [0.05, 0.1) is 18.1 Å². The predicted molar refractivity (Wildman–Crippen MR) is 98.3 cm³/mol. The van der Waals surface area contributed by atoms with Gasteiger partial charge < -0.3 is 9.73 Å². The summed E-state index contributed by atoms with van der Waals surface area (Å²) in [5, 5.41) is 10.8. The molecule has 2 aromatic heterocycles. The van der Waals surface area contributed by atoms with Crippen molar-refractivity contribution in [2.45, 2.75) is 6.54 Å². The standard InChI is InChI=1S/C20H17N3O2/c1-21-12-17-8-9-19(25-17)14-4-2-13(3-5-14)15-6-7-16-11-22-23-20(24)18(16)10-15/h2-11,21H,12H2,1H3,(H,23,24). The van der Waals surface area contributed by atoms with Crippen molar-refractivity contribution >= 4 is 10.8 Å². The quantitative estimate of drug-likeness (QED) is 0.600. The Morgan fingerprint density at radius 2 is 1.76 bits per heavy atom. The third-order valence-electron chi connectivity index (χ3n) is 4.18. The lowest BCUT2D eigenvalue weighted by atomic mass is 10.0. The molecule has 0 radical (unpaired) electrons. The van der Waals surface area contributed by atoms with Crippen molar-refractivity contribution in [3.05, 3.63) is 76.9 Å². The molecule has 0 unspecified atom stereocenters. The van der Waals surface area contributed by atoms with E-state index >= 15 is 0 Å². The Morgan fingerprint density at radius 3 is 2.56 bits per heavy atom. The van der Waals surface area contributed by atoms with Gasteiger partial charge in [0.2, 0.25) is 0 Å². The molecule has 2 aromatic carbocycles. The van der Waals surface area contributed by atoms with Crippen molar-refractivity contribution in [3.8, 4) is 22.5 Å². The molecule has 4 rings (SSSR count). The van der Waals surface area contributed by atoms with Crippen molar-refractivity contribution in [2.24, 2.45) is 0 Å². The Morgan fingerprint density at radius 1 is 1.00 bits per heavy atom. The normalized spacial score (nSPS) is 11.1. The van der Waals surface area contributed by atoms with Crippen molar-refractivity contribution in [1.82, 2.24) is 15.5 Å². The van der Waals surface area contributed by atoms with E-state index in [9.17, 15) is 4.79 Å². The minimum absolute atomic E-state index is 0.177. The summed E-state index contributed by atoms with van der Waals surface area (Å²) in [6, 6.07) is 17.9. The number of H-pyrrole nitrogens is 1. The number of aromatic amines is 1. The number of hydrogen-bond acceptors (Lipinski definition) is 4. The molecule has 124 valence electrons. The van der Waals surface area contributed by atoms with E-state index in [-0.39, 0.29) is 5.56 Å². The van der Waals surface area contributed by atoms with Crippen LogP contribution in [0.4, 0.5) is 0 Å². The van der Waals surface area contributed by atoms with Gasteiger partial charge in [0.25, 0.3) is 5.56 Å². The summed E-state index contributed by atoms with van der Waals surface area (Å²) >= 11 is 0. The lowest BCUT2D eigenvalue weighted by Gasteiger charge is -2.05. The van der Waals surface area contributed by atoms with Crippen molar-refractivity contribution in [1.29, 1.82) is 0 Å². The Hall–Kier alpha value is -3.18. The van der Waals surface area contributed by atoms with Gasteiger partial charge in [0.1, 0.15) is 11.5 Å². The number of hydrogen-bond donors (Lipinski definition) is 2. The molecule has 4 aromatic rings. The van der Waals surface area contributed by atoms with Gasteiger partial charge in [-0.05, 0) is 36.4 Å². The average Bonchev–Trinajstić information content (AvgIpc) is 3.11. The van der Waals surface area contributed by atoms with Crippen molar-refractivity contribution < 1.29 is 4.42 Å². The second-order valence-electron chi connectivity index (χ2n) is 5.87. The smallest absolute Gasteiger partial charge is 0.272 e. The van der Waals surface area contributed by atoms with Gasteiger partial charge in [-0.3, -0.25) is 4.79 Å². The summed E-state index contributed by atoms with van der Waals surface area (Å²) in [5.41, 5.74) is 2.88. The zero-order chi connectivity index (χ0) is 17.2. The Bertz CT molecular complexity index is 1080. The third-order valence-corrected chi connectivity index (χ3v) is 4.18. The largest absolute Gasteiger partial charge is 0.460 e. The summed E-state index contributed by atoms with van der Waals surface area (Å²) in [5.74, 6) is 1.75. The van der Waals surface area contributed by atoms with Crippen LogP contribution in [0.25, 0.3) is 33.2 Å². The Labute approximate surface area is 144 Å². The molecule has 0 bridgehead atoms. The number of furan rings is 1. The van der Waals surface area contributed by atoms with E-state index in [1.807, 2.05) is 61.6 Å². The molecule has 0 saturated carbocycles. The number of nitrogens with zero attached hydrogens (tertiary/aromatic N) is 1. The van der Waals surface area contributed by atoms with Crippen LogP contribution in [-0.4, -0.2) is 17.2 Å². The first-order valence-corrected chi connectivity index (χ1v) is 8.06. The van der Waals surface area contributed by atoms with Gasteiger partial charge in [-0.25, -0.2) is 5.10 Å². The summed E-state index contributed by atoms with van der Waals surface area (Å²) in [6.45, 7) is 0.707. The average molecular weight is 331 g/mol. The molecule has 5 nitrogen and oxygen atoms in total. The highest BCUT2D eigenvalue weighted by molar-refractivity contribution is 5.86. The number of nitrogens with one attached hydrogen (secondary N) is 2. The first-order valence-electron chi connectivity index (χ1n) is 8.06. The first kappa shape index (κ1) is 15.4. The fourth-order valence-corrected chi connectivity index (χ4v) is 2.89. The maximum absolute atomic E-state index is 11.9. The Kier molecular flexibility index (Phi) is 3.91. The SMILES string of the molecule is CNCc1ccc(-c2ccc(-c3ccc4cn[nH]c(=O)c4c3)cc2)o1. The van der Waals surface area contributed by atoms with Crippen LogP contribution in [0.1, 0.15) is 5.76 Å². The summed E-state index contributed by atoms with van der Waals surface area (Å²) in [4.78, 5) is 11.9. The van der Waals surface area contributed by atoms with Gasteiger partial charge in [0.15, 0.2) is 0 Å². The van der Waals surface area contributed by atoms with Crippen molar-refractivity contribution in [3.63, 3.8) is 0 Å². The molecule has 0 aliphatic carbocycles. The minimum atomic E-state index is -0.177. The highest BCUT2D eigenvalue weighted by Crippen LogP contribution is 2.27. The molecule has 0 aliphatic heterocycles. The summed E-state index contributed by atoms with van der Waals surface area (Å²) in [7, 11) is 1.89. The molecule has 2 N–H and O–H groups in total. The van der Waals surface area contributed by atoms with E-state index in [2.05, 4.69) is 15.5 Å². The van der Waals surface area contributed by atoms with Crippen LogP contribution in [-0.2, 0) is 6.54 Å². The van der Waals surface area contributed by atoms with Crippen LogP contribution in [0.5, 0.6) is 0 Å². The van der Waals surface area contributed by atoms with Crippen LogP contribution in [0.15, 0.2) is 70.0 Å². The number of fused-ring (bicyclic) bond motifs is 1.